The van der Waals surface area contributed by atoms with E-state index >= 15 is 0 Å². The van der Waals surface area contributed by atoms with Gasteiger partial charge in [0.05, 0.1) is 5.92 Å². The molecule has 1 aliphatic carbocycles. The number of carboxylic acids is 1. The molecular weight excluding hydrogens is 282 g/mol. The van der Waals surface area contributed by atoms with Crippen LogP contribution in [0.5, 0.6) is 0 Å². The Balaban J connectivity index is 1.63. The molecule has 1 aliphatic rings. The van der Waals surface area contributed by atoms with Gasteiger partial charge < -0.3 is 10.4 Å². The van der Waals surface area contributed by atoms with Crippen LogP contribution < -0.4 is 5.32 Å². The molecule has 3 nitrogen and oxygen atoms in total. The van der Waals surface area contributed by atoms with Crippen molar-refractivity contribution in [3.63, 3.8) is 0 Å². The van der Waals surface area contributed by atoms with Gasteiger partial charge in [-0.3, -0.25) is 4.79 Å². The van der Waals surface area contributed by atoms with Crippen LogP contribution in [-0.2, 0) is 4.79 Å². The third-order valence-corrected chi connectivity index (χ3v) is 5.83. The fourth-order valence-electron chi connectivity index (χ4n) is 3.25. The molecule has 1 aromatic heterocycles. The summed E-state index contributed by atoms with van der Waals surface area (Å²) in [6.07, 6.45) is 2.91. The van der Waals surface area contributed by atoms with Crippen molar-refractivity contribution in [1.82, 2.24) is 5.32 Å². The van der Waals surface area contributed by atoms with Crippen molar-refractivity contribution in [2.75, 3.05) is 6.54 Å². The SMILES string of the molecule is CC(NCC1CCCC1C(=O)O)c1cc2ccccc2s1. The molecule has 0 saturated heterocycles. The van der Waals surface area contributed by atoms with E-state index in [4.69, 9.17) is 0 Å². The van der Waals surface area contributed by atoms with Crippen LogP contribution in [0.1, 0.15) is 37.1 Å². The van der Waals surface area contributed by atoms with Crippen LogP contribution in [0.25, 0.3) is 10.1 Å². The van der Waals surface area contributed by atoms with Crippen LogP contribution in [0.2, 0.25) is 0 Å². The first-order chi connectivity index (χ1) is 10.1. The minimum atomic E-state index is -0.631. The van der Waals surface area contributed by atoms with E-state index in [1.807, 2.05) is 11.3 Å². The normalized spacial score (nSPS) is 23.5. The molecule has 2 aromatic rings. The standard InChI is InChI=1S/C17H21NO2S/c1-11(16-9-12-5-2-3-8-15(12)21-16)18-10-13-6-4-7-14(13)17(19)20/h2-3,5,8-9,11,13-14,18H,4,6-7,10H2,1H3,(H,19,20). The summed E-state index contributed by atoms with van der Waals surface area (Å²) in [6, 6.07) is 10.9. The summed E-state index contributed by atoms with van der Waals surface area (Å²) in [7, 11) is 0. The predicted octanol–water partition coefficient (Wildman–Crippen LogP) is 4.05. The van der Waals surface area contributed by atoms with Crippen LogP contribution in [0.15, 0.2) is 30.3 Å². The van der Waals surface area contributed by atoms with E-state index < -0.39 is 5.97 Å². The Morgan fingerprint density at radius 3 is 3.00 bits per heavy atom. The minimum Gasteiger partial charge on any atom is -0.481 e. The summed E-state index contributed by atoms with van der Waals surface area (Å²) >= 11 is 1.82. The second-order valence-corrected chi connectivity index (χ2v) is 7.07. The fourth-order valence-corrected chi connectivity index (χ4v) is 4.34. The van der Waals surface area contributed by atoms with E-state index in [0.29, 0.717) is 0 Å². The van der Waals surface area contributed by atoms with Gasteiger partial charge in [-0.1, -0.05) is 24.6 Å². The number of carboxylic acid groups (broad SMARTS) is 1. The maximum absolute atomic E-state index is 11.2. The Morgan fingerprint density at radius 2 is 2.24 bits per heavy atom. The lowest BCUT2D eigenvalue weighted by atomic mass is 9.96. The highest BCUT2D eigenvalue weighted by molar-refractivity contribution is 7.19. The monoisotopic (exact) mass is 303 g/mol. The lowest BCUT2D eigenvalue weighted by Crippen LogP contribution is -2.30. The third-order valence-electron chi connectivity index (χ3n) is 4.53. The van der Waals surface area contributed by atoms with E-state index in [0.717, 1.165) is 25.8 Å². The number of hydrogen-bond donors (Lipinski definition) is 2. The maximum atomic E-state index is 11.2. The molecule has 1 saturated carbocycles. The average molecular weight is 303 g/mol. The van der Waals surface area contributed by atoms with Crippen molar-refractivity contribution in [2.45, 2.75) is 32.2 Å². The van der Waals surface area contributed by atoms with Crippen LogP contribution >= 0.6 is 11.3 Å². The minimum absolute atomic E-state index is 0.160. The zero-order chi connectivity index (χ0) is 14.8. The summed E-state index contributed by atoms with van der Waals surface area (Å²) < 4.78 is 1.31. The molecule has 1 aromatic carbocycles. The molecule has 2 N–H and O–H groups in total. The van der Waals surface area contributed by atoms with Crippen molar-refractivity contribution in [2.24, 2.45) is 11.8 Å². The van der Waals surface area contributed by atoms with E-state index in [-0.39, 0.29) is 17.9 Å². The molecular formula is C17H21NO2S. The smallest absolute Gasteiger partial charge is 0.306 e. The molecule has 21 heavy (non-hydrogen) atoms. The number of aliphatic carboxylic acids is 1. The molecule has 1 fully saturated rings. The van der Waals surface area contributed by atoms with Gasteiger partial charge in [0.2, 0.25) is 0 Å². The van der Waals surface area contributed by atoms with Gasteiger partial charge in [-0.05, 0) is 49.7 Å². The number of nitrogens with one attached hydrogen (secondary N) is 1. The first-order valence-electron chi connectivity index (χ1n) is 7.60. The van der Waals surface area contributed by atoms with Crippen LogP contribution in [0.4, 0.5) is 0 Å². The number of hydrogen-bond acceptors (Lipinski definition) is 3. The van der Waals surface area contributed by atoms with Gasteiger partial charge in [0.1, 0.15) is 0 Å². The van der Waals surface area contributed by atoms with E-state index in [1.165, 1.54) is 15.0 Å². The zero-order valence-corrected chi connectivity index (χ0v) is 13.0. The highest BCUT2D eigenvalue weighted by Crippen LogP contribution is 2.33. The average Bonchev–Trinajstić information content (AvgIpc) is 3.10. The summed E-state index contributed by atoms with van der Waals surface area (Å²) in [6.45, 7) is 2.96. The second-order valence-electron chi connectivity index (χ2n) is 5.95. The van der Waals surface area contributed by atoms with Crippen LogP contribution in [0.3, 0.4) is 0 Å². The number of carbonyl (C=O) groups is 1. The van der Waals surface area contributed by atoms with Crippen LogP contribution in [-0.4, -0.2) is 17.6 Å². The first kappa shape index (κ1) is 14.5. The molecule has 3 rings (SSSR count). The van der Waals surface area contributed by atoms with Crippen molar-refractivity contribution < 1.29 is 9.90 Å². The quantitative estimate of drug-likeness (QED) is 0.876. The van der Waals surface area contributed by atoms with Gasteiger partial charge in [0, 0.05) is 15.6 Å². The van der Waals surface area contributed by atoms with Gasteiger partial charge in [-0.15, -0.1) is 11.3 Å². The van der Waals surface area contributed by atoms with Gasteiger partial charge >= 0.3 is 5.97 Å². The summed E-state index contributed by atoms with van der Waals surface area (Å²) in [5.41, 5.74) is 0. The van der Waals surface area contributed by atoms with Gasteiger partial charge in [0.25, 0.3) is 0 Å². The second kappa shape index (κ2) is 6.16. The van der Waals surface area contributed by atoms with Crippen LogP contribution in [0, 0.1) is 11.8 Å². The zero-order valence-electron chi connectivity index (χ0n) is 12.2. The molecule has 4 heteroatoms. The number of thiophene rings is 1. The Hall–Kier alpha value is -1.39. The molecule has 0 amide bonds. The Labute approximate surface area is 129 Å². The molecule has 0 bridgehead atoms. The highest BCUT2D eigenvalue weighted by Gasteiger charge is 2.32. The number of fused-ring (bicyclic) bond motifs is 1. The lowest BCUT2D eigenvalue weighted by Gasteiger charge is -2.19. The molecule has 3 atom stereocenters. The van der Waals surface area contributed by atoms with Crippen molar-refractivity contribution >= 4 is 27.4 Å². The summed E-state index contributed by atoms with van der Waals surface area (Å²) in [4.78, 5) is 12.5. The molecule has 3 unspecified atom stereocenters. The van der Waals surface area contributed by atoms with Crippen molar-refractivity contribution in [1.29, 1.82) is 0 Å². The third kappa shape index (κ3) is 3.11. The van der Waals surface area contributed by atoms with Crippen molar-refractivity contribution in [3.05, 3.63) is 35.2 Å². The molecule has 1 heterocycles. The lowest BCUT2D eigenvalue weighted by molar-refractivity contribution is -0.142. The maximum Gasteiger partial charge on any atom is 0.306 e. The predicted molar refractivity (Wildman–Crippen MR) is 86.7 cm³/mol. The number of rotatable bonds is 5. The Morgan fingerprint density at radius 1 is 1.43 bits per heavy atom. The van der Waals surface area contributed by atoms with Crippen molar-refractivity contribution in [3.8, 4) is 0 Å². The fraction of sp³-hybridized carbons (Fsp3) is 0.471. The van der Waals surface area contributed by atoms with Gasteiger partial charge in [-0.25, -0.2) is 0 Å². The number of benzene rings is 1. The van der Waals surface area contributed by atoms with Gasteiger partial charge in [-0.2, -0.15) is 0 Å². The largest absolute Gasteiger partial charge is 0.481 e. The van der Waals surface area contributed by atoms with E-state index in [1.54, 1.807) is 0 Å². The Kier molecular flexibility index (Phi) is 4.27. The van der Waals surface area contributed by atoms with Gasteiger partial charge in [0.15, 0.2) is 0 Å². The summed E-state index contributed by atoms with van der Waals surface area (Å²) in [5.74, 6) is -0.514. The van der Waals surface area contributed by atoms with E-state index in [9.17, 15) is 9.90 Å². The molecule has 0 radical (unpaired) electrons. The topological polar surface area (TPSA) is 49.3 Å². The highest BCUT2D eigenvalue weighted by atomic mass is 32.1. The first-order valence-corrected chi connectivity index (χ1v) is 8.41. The molecule has 0 spiro atoms. The molecule has 0 aliphatic heterocycles. The molecule has 112 valence electrons. The van der Waals surface area contributed by atoms with E-state index in [2.05, 4.69) is 42.6 Å². The Bertz CT molecular complexity index is 604. The summed E-state index contributed by atoms with van der Waals surface area (Å²) in [5, 5.41) is 14.1.